The third kappa shape index (κ3) is 6.04. The minimum absolute atomic E-state index is 0.385. The molecular weight excluding hydrogens is 256 g/mol. The summed E-state index contributed by atoms with van der Waals surface area (Å²) in [5.74, 6) is 2.23. The van der Waals surface area contributed by atoms with E-state index in [1.54, 1.807) is 0 Å². The monoisotopic (exact) mass is 286 g/mol. The molecule has 1 aliphatic heterocycles. The van der Waals surface area contributed by atoms with Crippen molar-refractivity contribution in [2.75, 3.05) is 45.5 Å². The summed E-state index contributed by atoms with van der Waals surface area (Å²) in [5, 5.41) is 6.86. The Hall–Kier alpha value is -0.420. The Bertz CT molecular complexity index is 271. The normalized spacial score (nSPS) is 23.9. The number of aliphatic imine (C=N–C) groups is 1. The van der Waals surface area contributed by atoms with Crippen LogP contribution in [0, 0.1) is 0 Å². The molecule has 0 aliphatic carbocycles. The molecule has 1 saturated heterocycles. The number of nitrogens with one attached hydrogen (secondary N) is 2. The lowest BCUT2D eigenvalue weighted by Crippen LogP contribution is -2.45. The number of guanidine groups is 1. The summed E-state index contributed by atoms with van der Waals surface area (Å²) in [7, 11) is 1.84. The number of rotatable bonds is 7. The Morgan fingerprint density at radius 2 is 2.05 bits per heavy atom. The number of thioether (sulfide) groups is 1. The third-order valence-electron chi connectivity index (χ3n) is 3.77. The summed E-state index contributed by atoms with van der Waals surface area (Å²) in [6.45, 7) is 12.0. The Morgan fingerprint density at radius 1 is 1.32 bits per heavy atom. The largest absolute Gasteiger partial charge is 0.355 e. The van der Waals surface area contributed by atoms with Crippen molar-refractivity contribution in [1.82, 2.24) is 15.5 Å². The first-order chi connectivity index (χ1) is 9.13. The van der Waals surface area contributed by atoms with Gasteiger partial charge in [0.2, 0.25) is 0 Å². The Labute approximate surface area is 122 Å². The molecule has 2 N–H and O–H groups in total. The van der Waals surface area contributed by atoms with Crippen LogP contribution >= 0.6 is 11.8 Å². The fourth-order valence-corrected chi connectivity index (χ4v) is 3.58. The lowest BCUT2D eigenvalue weighted by Gasteiger charge is -2.25. The fraction of sp³-hybridized carbons (Fsp3) is 0.929. The van der Waals surface area contributed by atoms with E-state index in [9.17, 15) is 0 Å². The second kappa shape index (κ2) is 8.69. The molecule has 0 aromatic carbocycles. The van der Waals surface area contributed by atoms with E-state index in [1.165, 1.54) is 18.6 Å². The Kier molecular flexibility index (Phi) is 7.61. The zero-order valence-corrected chi connectivity index (χ0v) is 13.8. The van der Waals surface area contributed by atoms with Crippen LogP contribution < -0.4 is 10.6 Å². The Morgan fingerprint density at radius 3 is 2.58 bits per heavy atom. The van der Waals surface area contributed by atoms with Crippen LogP contribution in [-0.2, 0) is 0 Å². The van der Waals surface area contributed by atoms with Gasteiger partial charge in [-0.2, -0.15) is 11.8 Å². The summed E-state index contributed by atoms with van der Waals surface area (Å²) < 4.78 is 0.385. The fourth-order valence-electron chi connectivity index (χ4n) is 2.34. The molecule has 0 spiro atoms. The minimum atomic E-state index is 0.385. The summed E-state index contributed by atoms with van der Waals surface area (Å²) in [6.07, 6.45) is 2.65. The van der Waals surface area contributed by atoms with Crippen molar-refractivity contribution >= 4 is 17.7 Å². The molecule has 0 saturated carbocycles. The van der Waals surface area contributed by atoms with E-state index in [0.717, 1.165) is 38.7 Å². The molecule has 112 valence electrons. The van der Waals surface area contributed by atoms with Gasteiger partial charge in [-0.15, -0.1) is 0 Å². The van der Waals surface area contributed by atoms with Gasteiger partial charge >= 0.3 is 0 Å². The van der Waals surface area contributed by atoms with Crippen molar-refractivity contribution in [3.8, 4) is 0 Å². The molecule has 0 bridgehead atoms. The molecule has 0 aromatic rings. The zero-order chi connectivity index (χ0) is 14.1. The average molecular weight is 286 g/mol. The molecule has 0 aromatic heterocycles. The lowest BCUT2D eigenvalue weighted by molar-refractivity contribution is 0.308. The molecule has 0 amide bonds. The molecule has 0 radical (unpaired) electrons. The highest BCUT2D eigenvalue weighted by Gasteiger charge is 2.29. The van der Waals surface area contributed by atoms with Crippen molar-refractivity contribution in [2.24, 2.45) is 4.99 Å². The molecule has 1 rings (SSSR count). The maximum atomic E-state index is 4.30. The first-order valence-corrected chi connectivity index (χ1v) is 8.43. The van der Waals surface area contributed by atoms with Gasteiger partial charge < -0.3 is 15.5 Å². The SMILES string of the molecule is CCN(CC)CCNC(=NC)NCC1(C)CCCS1. The van der Waals surface area contributed by atoms with E-state index in [0.29, 0.717) is 4.75 Å². The van der Waals surface area contributed by atoms with Crippen molar-refractivity contribution in [2.45, 2.75) is 38.4 Å². The molecular formula is C14H30N4S. The van der Waals surface area contributed by atoms with Crippen molar-refractivity contribution in [3.63, 3.8) is 0 Å². The first-order valence-electron chi connectivity index (χ1n) is 7.44. The summed E-state index contributed by atoms with van der Waals surface area (Å²) >= 11 is 2.08. The Balaban J connectivity index is 2.23. The molecule has 5 heteroatoms. The molecule has 1 unspecified atom stereocenters. The molecule has 4 nitrogen and oxygen atoms in total. The van der Waals surface area contributed by atoms with Gasteiger partial charge in [0.1, 0.15) is 0 Å². The minimum Gasteiger partial charge on any atom is -0.355 e. The van der Waals surface area contributed by atoms with E-state index in [-0.39, 0.29) is 0 Å². The van der Waals surface area contributed by atoms with Gasteiger partial charge in [0.25, 0.3) is 0 Å². The average Bonchev–Trinajstić information content (AvgIpc) is 2.85. The van der Waals surface area contributed by atoms with E-state index in [2.05, 4.69) is 53.1 Å². The molecule has 1 atom stereocenters. The van der Waals surface area contributed by atoms with Crippen molar-refractivity contribution in [3.05, 3.63) is 0 Å². The second-order valence-electron chi connectivity index (χ2n) is 5.28. The number of likely N-dealkylation sites (N-methyl/N-ethyl adjacent to an activating group) is 1. The van der Waals surface area contributed by atoms with Gasteiger partial charge in [0, 0.05) is 31.4 Å². The van der Waals surface area contributed by atoms with E-state index < -0.39 is 0 Å². The van der Waals surface area contributed by atoms with Crippen LogP contribution in [0.1, 0.15) is 33.6 Å². The van der Waals surface area contributed by atoms with E-state index in [4.69, 9.17) is 0 Å². The molecule has 1 heterocycles. The summed E-state index contributed by atoms with van der Waals surface area (Å²) in [5.41, 5.74) is 0. The van der Waals surface area contributed by atoms with Crippen LogP contribution in [0.3, 0.4) is 0 Å². The summed E-state index contributed by atoms with van der Waals surface area (Å²) in [6, 6.07) is 0. The van der Waals surface area contributed by atoms with Gasteiger partial charge in [-0.05, 0) is 38.6 Å². The number of hydrogen-bond donors (Lipinski definition) is 2. The van der Waals surface area contributed by atoms with Gasteiger partial charge in [-0.1, -0.05) is 13.8 Å². The van der Waals surface area contributed by atoms with E-state index >= 15 is 0 Å². The highest BCUT2D eigenvalue weighted by Crippen LogP contribution is 2.36. The lowest BCUT2D eigenvalue weighted by atomic mass is 10.1. The second-order valence-corrected chi connectivity index (χ2v) is 6.96. The predicted molar refractivity (Wildman–Crippen MR) is 87.2 cm³/mol. The molecule has 1 aliphatic rings. The highest BCUT2D eigenvalue weighted by molar-refractivity contribution is 8.00. The zero-order valence-electron chi connectivity index (χ0n) is 13.0. The summed E-state index contributed by atoms with van der Waals surface area (Å²) in [4.78, 5) is 6.71. The van der Waals surface area contributed by atoms with Gasteiger partial charge in [-0.3, -0.25) is 4.99 Å². The molecule has 19 heavy (non-hydrogen) atoms. The number of hydrogen-bond acceptors (Lipinski definition) is 3. The van der Waals surface area contributed by atoms with Crippen LogP contribution in [0.25, 0.3) is 0 Å². The van der Waals surface area contributed by atoms with E-state index in [1.807, 2.05) is 7.05 Å². The van der Waals surface area contributed by atoms with Crippen LogP contribution in [0.5, 0.6) is 0 Å². The van der Waals surface area contributed by atoms with Crippen LogP contribution in [-0.4, -0.2) is 61.1 Å². The standard InChI is InChI=1S/C14H30N4S/c1-5-18(6-2)10-9-16-13(15-4)17-12-14(3)8-7-11-19-14/h5-12H2,1-4H3,(H2,15,16,17). The predicted octanol–water partition coefficient (Wildman–Crippen LogP) is 1.78. The maximum absolute atomic E-state index is 4.30. The smallest absolute Gasteiger partial charge is 0.191 e. The van der Waals surface area contributed by atoms with Crippen molar-refractivity contribution < 1.29 is 0 Å². The number of nitrogens with zero attached hydrogens (tertiary/aromatic N) is 2. The highest BCUT2D eigenvalue weighted by atomic mass is 32.2. The van der Waals surface area contributed by atoms with Crippen LogP contribution in [0.4, 0.5) is 0 Å². The van der Waals surface area contributed by atoms with Crippen LogP contribution in [0.15, 0.2) is 4.99 Å². The maximum Gasteiger partial charge on any atom is 0.191 e. The quantitative estimate of drug-likeness (QED) is 0.553. The van der Waals surface area contributed by atoms with Gasteiger partial charge in [0.15, 0.2) is 5.96 Å². The van der Waals surface area contributed by atoms with Gasteiger partial charge in [-0.25, -0.2) is 0 Å². The topological polar surface area (TPSA) is 39.7 Å². The third-order valence-corrected chi connectivity index (χ3v) is 5.31. The first kappa shape index (κ1) is 16.6. The molecule has 1 fully saturated rings. The van der Waals surface area contributed by atoms with Crippen molar-refractivity contribution in [1.29, 1.82) is 0 Å². The van der Waals surface area contributed by atoms with Gasteiger partial charge in [0.05, 0.1) is 0 Å². The van der Waals surface area contributed by atoms with Crippen LogP contribution in [0.2, 0.25) is 0 Å².